The minimum Gasteiger partial charge on any atom is -0.394 e. The van der Waals surface area contributed by atoms with Crippen molar-refractivity contribution in [2.24, 2.45) is 0 Å². The highest BCUT2D eigenvalue weighted by Crippen LogP contribution is 2.28. The number of hydrogen-bond donors (Lipinski definition) is 7. The number of aliphatic hydroxyl groups excluding tert-OH is 5. The van der Waals surface area contributed by atoms with E-state index in [1.165, 1.54) is 6.20 Å². The Hall–Kier alpha value is -2.99. The molecule has 188 valence electrons. The maximum absolute atomic E-state index is 13.1. The van der Waals surface area contributed by atoms with Crippen molar-refractivity contribution in [3.05, 3.63) is 66.0 Å². The smallest absolute Gasteiger partial charge is 0.330 e. The molecule has 0 spiro atoms. The van der Waals surface area contributed by atoms with Crippen LogP contribution in [0.15, 0.2) is 37.6 Å². The number of aliphatic hydroxyl groups is 5. The van der Waals surface area contributed by atoms with Crippen LogP contribution in [0.4, 0.5) is 4.39 Å². The van der Waals surface area contributed by atoms with E-state index in [0.717, 1.165) is 10.6 Å². The van der Waals surface area contributed by atoms with E-state index in [1.54, 1.807) is 11.9 Å². The van der Waals surface area contributed by atoms with Crippen LogP contribution >= 0.6 is 0 Å². The van der Waals surface area contributed by atoms with Crippen molar-refractivity contribution < 1.29 is 39.4 Å². The first kappa shape index (κ1) is 25.6. The van der Waals surface area contributed by atoms with Gasteiger partial charge in [0.25, 0.3) is 11.1 Å². The molecule has 2 aromatic rings. The van der Waals surface area contributed by atoms with Crippen LogP contribution in [-0.4, -0.2) is 87.9 Å². The lowest BCUT2D eigenvalue weighted by Crippen LogP contribution is -2.38. The van der Waals surface area contributed by atoms with Gasteiger partial charge >= 0.3 is 11.4 Å². The molecular weight excluding hydrogens is 467 g/mol. The Labute approximate surface area is 187 Å². The van der Waals surface area contributed by atoms with E-state index >= 15 is 0 Å². The molecule has 0 aromatic carbocycles. The van der Waals surface area contributed by atoms with E-state index in [9.17, 15) is 44.0 Å². The summed E-state index contributed by atoms with van der Waals surface area (Å²) < 4.78 is 25.0. The number of halogens is 1. The van der Waals surface area contributed by atoms with Crippen molar-refractivity contribution in [3.63, 3.8) is 0 Å². The van der Waals surface area contributed by atoms with Crippen molar-refractivity contribution in [3.8, 4) is 0 Å². The third-order valence-electron chi connectivity index (χ3n) is 5.32. The van der Waals surface area contributed by atoms with Crippen LogP contribution in [0.5, 0.6) is 0 Å². The molecule has 0 saturated carbocycles. The fourth-order valence-corrected chi connectivity index (χ4v) is 3.44. The Morgan fingerprint density at radius 3 is 2.03 bits per heavy atom. The summed E-state index contributed by atoms with van der Waals surface area (Å²) in [5.41, 5.74) is -3.39. The summed E-state index contributed by atoms with van der Waals surface area (Å²) in [6.07, 6.45) is -7.41. The van der Waals surface area contributed by atoms with Crippen LogP contribution in [0.25, 0.3) is 0 Å². The molecule has 2 saturated heterocycles. The molecule has 8 atom stereocenters. The van der Waals surface area contributed by atoms with Gasteiger partial charge in [0.05, 0.1) is 18.9 Å². The van der Waals surface area contributed by atoms with Crippen LogP contribution in [0, 0.1) is 5.82 Å². The van der Waals surface area contributed by atoms with Crippen molar-refractivity contribution in [2.45, 2.75) is 56.0 Å². The molecule has 2 aromatic heterocycles. The molecule has 16 heteroatoms. The van der Waals surface area contributed by atoms with E-state index in [1.807, 2.05) is 4.98 Å². The molecule has 0 aliphatic carbocycles. The van der Waals surface area contributed by atoms with Gasteiger partial charge in [-0.1, -0.05) is 0 Å². The number of aromatic nitrogens is 4. The van der Waals surface area contributed by atoms with Gasteiger partial charge in [-0.25, -0.2) is 9.59 Å². The summed E-state index contributed by atoms with van der Waals surface area (Å²) in [4.78, 5) is 48.3. The number of ether oxygens (including phenoxy) is 2. The average Bonchev–Trinajstić information content (AvgIpc) is 3.21. The molecule has 7 N–H and O–H groups in total. The number of H-pyrrole nitrogens is 2. The number of nitrogens with zero attached hydrogens (tertiary/aromatic N) is 2. The average molecular weight is 490 g/mol. The molecular formula is C18H23FN4O11. The second-order valence-electron chi connectivity index (χ2n) is 7.60. The Morgan fingerprint density at radius 2 is 1.50 bits per heavy atom. The van der Waals surface area contributed by atoms with Crippen molar-refractivity contribution in [2.75, 3.05) is 6.61 Å². The van der Waals surface area contributed by atoms with E-state index < -0.39 is 84.0 Å². The summed E-state index contributed by atoms with van der Waals surface area (Å²) in [6.45, 7) is 1.01. The van der Waals surface area contributed by atoms with Gasteiger partial charge < -0.3 is 35.0 Å². The molecule has 34 heavy (non-hydrogen) atoms. The van der Waals surface area contributed by atoms with Crippen molar-refractivity contribution in [1.29, 1.82) is 0 Å². The number of rotatable bonds is 3. The second-order valence-corrected chi connectivity index (χ2v) is 7.60. The van der Waals surface area contributed by atoms with Gasteiger partial charge in [-0.15, -0.1) is 0 Å². The van der Waals surface area contributed by atoms with E-state index in [-0.39, 0.29) is 0 Å². The first-order valence-corrected chi connectivity index (χ1v) is 9.92. The topological polar surface area (TPSA) is 229 Å². The maximum atomic E-state index is 13.1. The third-order valence-corrected chi connectivity index (χ3v) is 5.32. The number of aromatic amines is 2. The molecule has 2 aliphatic rings. The predicted molar refractivity (Wildman–Crippen MR) is 107 cm³/mol. The summed E-state index contributed by atoms with van der Waals surface area (Å²) in [7, 11) is 0. The van der Waals surface area contributed by atoms with Crippen LogP contribution in [0.2, 0.25) is 0 Å². The normalized spacial score (nSPS) is 32.9. The molecule has 2 aliphatic heterocycles. The van der Waals surface area contributed by atoms with Gasteiger partial charge in [-0.3, -0.25) is 28.7 Å². The van der Waals surface area contributed by atoms with Gasteiger partial charge in [0.15, 0.2) is 12.5 Å². The lowest BCUT2D eigenvalue weighted by molar-refractivity contribution is -0.0554. The van der Waals surface area contributed by atoms with Crippen LogP contribution in [0.3, 0.4) is 0 Å². The molecule has 4 heterocycles. The van der Waals surface area contributed by atoms with Gasteiger partial charge in [-0.05, 0) is 6.92 Å². The van der Waals surface area contributed by atoms with Crippen LogP contribution < -0.4 is 22.5 Å². The fraction of sp³-hybridized carbons (Fsp3) is 0.556. The van der Waals surface area contributed by atoms with Gasteiger partial charge in [0.1, 0.15) is 30.5 Å². The van der Waals surface area contributed by atoms with E-state index in [2.05, 4.69) is 0 Å². The minimum absolute atomic E-state index is 0.526. The summed E-state index contributed by atoms with van der Waals surface area (Å²) in [5.74, 6) is -1.23. The fourth-order valence-electron chi connectivity index (χ4n) is 3.44. The summed E-state index contributed by atoms with van der Waals surface area (Å²) in [6, 6.07) is 1.15. The highest BCUT2D eigenvalue weighted by atomic mass is 19.1. The largest absolute Gasteiger partial charge is 0.394 e. The highest BCUT2D eigenvalue weighted by molar-refractivity contribution is 4.95. The Kier molecular flexibility index (Phi) is 7.61. The summed E-state index contributed by atoms with van der Waals surface area (Å²) in [5, 5.41) is 47.1. The molecule has 0 radical (unpaired) electrons. The molecule has 0 bridgehead atoms. The highest BCUT2D eigenvalue weighted by Gasteiger charge is 2.44. The lowest BCUT2D eigenvalue weighted by atomic mass is 10.1. The van der Waals surface area contributed by atoms with Crippen LogP contribution in [0.1, 0.15) is 19.4 Å². The quantitative estimate of drug-likeness (QED) is 0.217. The van der Waals surface area contributed by atoms with Crippen molar-refractivity contribution >= 4 is 0 Å². The molecule has 4 rings (SSSR count). The maximum Gasteiger partial charge on any atom is 0.330 e. The van der Waals surface area contributed by atoms with Crippen LogP contribution in [-0.2, 0) is 9.47 Å². The number of hydrogen-bond acceptors (Lipinski definition) is 11. The summed E-state index contributed by atoms with van der Waals surface area (Å²) >= 11 is 0. The zero-order valence-electron chi connectivity index (χ0n) is 17.5. The van der Waals surface area contributed by atoms with Gasteiger partial charge in [-0.2, -0.15) is 4.39 Å². The third kappa shape index (κ3) is 4.92. The molecule has 2 fully saturated rings. The first-order chi connectivity index (χ1) is 16.0. The Bertz CT molecular complexity index is 1240. The molecule has 0 amide bonds. The Morgan fingerprint density at radius 1 is 0.912 bits per heavy atom. The van der Waals surface area contributed by atoms with Gasteiger partial charge in [0, 0.05) is 12.3 Å². The van der Waals surface area contributed by atoms with E-state index in [4.69, 9.17) is 14.6 Å². The predicted octanol–water partition coefficient (Wildman–Crippen LogP) is -4.54. The minimum atomic E-state index is -1.52. The van der Waals surface area contributed by atoms with E-state index in [0.29, 0.717) is 10.8 Å². The Balaban J connectivity index is 0.000000192. The zero-order valence-corrected chi connectivity index (χ0v) is 17.5. The molecule has 15 nitrogen and oxygen atoms in total. The molecule has 0 unspecified atom stereocenters. The monoisotopic (exact) mass is 490 g/mol. The second kappa shape index (κ2) is 10.1. The lowest BCUT2D eigenvalue weighted by Gasteiger charge is -2.16. The van der Waals surface area contributed by atoms with Crippen molar-refractivity contribution in [1.82, 2.24) is 19.1 Å². The number of nitrogens with one attached hydrogen (secondary N) is 2. The first-order valence-electron chi connectivity index (χ1n) is 9.92. The van der Waals surface area contributed by atoms with Gasteiger partial charge in [0.2, 0.25) is 5.82 Å². The zero-order chi connectivity index (χ0) is 25.3. The standard InChI is InChI=1S/C9H11FN2O6.C9H12N2O5/c10-3-1-12(9(17)11-7(3)16)8-6(15)5(14)4(2-13)18-8;1-4-6(13)7(14)8(16-4)11-3-2-5(12)10-9(11)15/h1,4-6,8,13-15H,2H2,(H,11,16,17);2-4,6-8,13-14H,1H3,(H,10,12,15)/t4-,5-,6-,8-;4-,6-,7-,8-/m11/s1. The SMILES string of the molecule is C[C@H]1O[C@@H](n2ccc(=O)[nH]c2=O)[C@H](O)[C@@H]1O.O=c1[nH]c(=O)n([C@@H]2O[C@H](CO)[C@@H](O)[C@H]2O)cc1F.